The number of aliphatic hydroxyl groups excluding tert-OH is 1. The summed E-state index contributed by atoms with van der Waals surface area (Å²) in [5.41, 5.74) is -0.857. The van der Waals surface area contributed by atoms with Crippen molar-refractivity contribution in [3.63, 3.8) is 0 Å². The number of rotatable bonds is 6. The van der Waals surface area contributed by atoms with Gasteiger partial charge in [-0.25, -0.2) is 8.42 Å². The molecule has 8 heteroatoms. The number of hydrogen-bond donors (Lipinski definition) is 1. The van der Waals surface area contributed by atoms with Gasteiger partial charge in [0.15, 0.2) is 0 Å². The highest BCUT2D eigenvalue weighted by Gasteiger charge is 2.34. The van der Waals surface area contributed by atoms with Gasteiger partial charge in [-0.05, 0) is 24.1 Å². The molecule has 1 aromatic carbocycles. The number of aliphatic hydroxyl groups is 1. The van der Waals surface area contributed by atoms with Crippen molar-refractivity contribution in [2.75, 3.05) is 18.6 Å². The fourth-order valence-corrected chi connectivity index (χ4v) is 2.17. The number of ether oxygens (including phenoxy) is 1. The Labute approximate surface area is 115 Å². The minimum atomic E-state index is -4.60. The Bertz CT molecular complexity index is 552. The van der Waals surface area contributed by atoms with Gasteiger partial charge in [-0.15, -0.1) is 0 Å². The van der Waals surface area contributed by atoms with Crippen LogP contribution in [0, 0.1) is 0 Å². The van der Waals surface area contributed by atoms with Gasteiger partial charge >= 0.3 is 6.18 Å². The van der Waals surface area contributed by atoms with Crippen LogP contribution in [0.5, 0.6) is 5.75 Å². The third-order valence-corrected chi connectivity index (χ3v) is 3.48. The molecule has 0 heterocycles. The molecule has 0 radical (unpaired) electrons. The van der Waals surface area contributed by atoms with Gasteiger partial charge in [-0.2, -0.15) is 13.2 Å². The second kappa shape index (κ2) is 6.45. The Balaban J connectivity index is 2.79. The van der Waals surface area contributed by atoms with Crippen LogP contribution in [0.4, 0.5) is 13.2 Å². The zero-order valence-electron chi connectivity index (χ0n) is 10.8. The van der Waals surface area contributed by atoms with Crippen molar-refractivity contribution < 1.29 is 31.4 Å². The molecule has 1 N–H and O–H groups in total. The molecular weight excluding hydrogens is 297 g/mol. The van der Waals surface area contributed by atoms with Crippen molar-refractivity contribution in [1.82, 2.24) is 0 Å². The quantitative estimate of drug-likeness (QED) is 0.816. The summed E-state index contributed by atoms with van der Waals surface area (Å²) in [6.07, 6.45) is -3.45. The van der Waals surface area contributed by atoms with Gasteiger partial charge in [0, 0.05) is 6.26 Å². The summed E-state index contributed by atoms with van der Waals surface area (Å²) >= 11 is 0. The van der Waals surface area contributed by atoms with Gasteiger partial charge in [0.05, 0.1) is 24.5 Å². The van der Waals surface area contributed by atoms with E-state index in [-0.39, 0.29) is 30.1 Å². The maximum absolute atomic E-state index is 12.8. The summed E-state index contributed by atoms with van der Waals surface area (Å²) in [6, 6.07) is 3.25. The second-order valence-corrected chi connectivity index (χ2v) is 6.58. The molecule has 0 aliphatic carbocycles. The predicted octanol–water partition coefficient (Wildman–Crippen LogP) is 2.01. The normalized spacial score (nSPS) is 12.4. The Kier molecular flexibility index (Phi) is 5.41. The molecule has 0 aromatic heterocycles. The molecule has 0 bridgehead atoms. The predicted molar refractivity (Wildman–Crippen MR) is 67.2 cm³/mol. The minimum Gasteiger partial charge on any atom is -0.493 e. The Hall–Kier alpha value is -1.28. The van der Waals surface area contributed by atoms with Crippen molar-refractivity contribution in [3.8, 4) is 5.75 Å². The molecule has 0 atom stereocenters. The molecule has 0 fully saturated rings. The van der Waals surface area contributed by atoms with Gasteiger partial charge in [0.25, 0.3) is 0 Å². The zero-order chi connectivity index (χ0) is 15.4. The Morgan fingerprint density at radius 1 is 1.30 bits per heavy atom. The largest absolute Gasteiger partial charge is 0.493 e. The number of benzene rings is 1. The van der Waals surface area contributed by atoms with Crippen molar-refractivity contribution >= 4 is 9.84 Å². The maximum Gasteiger partial charge on any atom is 0.419 e. The first-order chi connectivity index (χ1) is 9.13. The summed E-state index contributed by atoms with van der Waals surface area (Å²) in [5, 5.41) is 8.85. The van der Waals surface area contributed by atoms with Crippen LogP contribution in [-0.2, 0) is 22.6 Å². The molecule has 0 amide bonds. The number of halogens is 3. The van der Waals surface area contributed by atoms with E-state index in [1.165, 1.54) is 6.07 Å². The highest BCUT2D eigenvalue weighted by Crippen LogP contribution is 2.36. The van der Waals surface area contributed by atoms with Gasteiger partial charge in [0.2, 0.25) is 0 Å². The fraction of sp³-hybridized carbons (Fsp3) is 0.500. The average Bonchev–Trinajstić information content (AvgIpc) is 2.32. The van der Waals surface area contributed by atoms with Gasteiger partial charge in [0.1, 0.15) is 15.6 Å². The van der Waals surface area contributed by atoms with E-state index < -0.39 is 28.2 Å². The van der Waals surface area contributed by atoms with Crippen molar-refractivity contribution in [2.45, 2.75) is 19.2 Å². The van der Waals surface area contributed by atoms with E-state index in [9.17, 15) is 21.6 Å². The van der Waals surface area contributed by atoms with E-state index >= 15 is 0 Å². The Morgan fingerprint density at radius 2 is 1.95 bits per heavy atom. The van der Waals surface area contributed by atoms with E-state index in [1.807, 2.05) is 0 Å². The molecule has 1 rings (SSSR count). The lowest BCUT2D eigenvalue weighted by Crippen LogP contribution is -2.12. The van der Waals surface area contributed by atoms with E-state index in [0.717, 1.165) is 18.4 Å². The molecule has 4 nitrogen and oxygen atoms in total. The number of hydrogen-bond acceptors (Lipinski definition) is 4. The fourth-order valence-electron chi connectivity index (χ4n) is 1.53. The van der Waals surface area contributed by atoms with Crippen molar-refractivity contribution in [1.29, 1.82) is 0 Å². The lowest BCUT2D eigenvalue weighted by Gasteiger charge is -2.14. The van der Waals surface area contributed by atoms with Crippen LogP contribution in [0.2, 0.25) is 0 Å². The van der Waals surface area contributed by atoms with Crippen LogP contribution in [0.3, 0.4) is 0 Å². The number of sulfone groups is 1. The first kappa shape index (κ1) is 16.8. The summed E-state index contributed by atoms with van der Waals surface area (Å²) in [7, 11) is -3.16. The van der Waals surface area contributed by atoms with Crippen LogP contribution in [-0.4, -0.2) is 32.1 Å². The second-order valence-electron chi connectivity index (χ2n) is 4.32. The molecule has 0 spiro atoms. The molecule has 20 heavy (non-hydrogen) atoms. The molecule has 1 aromatic rings. The van der Waals surface area contributed by atoms with Gasteiger partial charge < -0.3 is 9.84 Å². The third-order valence-electron chi connectivity index (χ3n) is 2.45. The monoisotopic (exact) mass is 312 g/mol. The van der Waals surface area contributed by atoms with Gasteiger partial charge in [-0.1, -0.05) is 6.07 Å². The highest BCUT2D eigenvalue weighted by molar-refractivity contribution is 7.90. The molecule has 0 unspecified atom stereocenters. The van der Waals surface area contributed by atoms with Crippen molar-refractivity contribution in [2.24, 2.45) is 0 Å². The Morgan fingerprint density at radius 3 is 2.45 bits per heavy atom. The molecular formula is C12H15F3O4S. The summed E-state index contributed by atoms with van der Waals surface area (Å²) in [5.74, 6) is -0.522. The lowest BCUT2D eigenvalue weighted by atomic mass is 10.1. The van der Waals surface area contributed by atoms with Crippen LogP contribution >= 0.6 is 0 Å². The smallest absolute Gasteiger partial charge is 0.419 e. The first-order valence-corrected chi connectivity index (χ1v) is 7.81. The minimum absolute atomic E-state index is 0.109. The molecule has 0 aliphatic rings. The maximum atomic E-state index is 12.8. The van der Waals surface area contributed by atoms with Crippen LogP contribution in [0.1, 0.15) is 17.5 Å². The molecule has 0 aliphatic heterocycles. The van der Waals surface area contributed by atoms with Crippen LogP contribution in [0.25, 0.3) is 0 Å². The number of alkyl halides is 3. The van der Waals surface area contributed by atoms with Crippen LogP contribution < -0.4 is 4.74 Å². The van der Waals surface area contributed by atoms with Crippen LogP contribution in [0.15, 0.2) is 18.2 Å². The SMILES string of the molecule is CS(=O)(=O)CCCOc1ccc(CO)cc1C(F)(F)F. The molecule has 0 saturated heterocycles. The average molecular weight is 312 g/mol. The van der Waals surface area contributed by atoms with E-state index in [1.54, 1.807) is 0 Å². The topological polar surface area (TPSA) is 63.6 Å². The lowest BCUT2D eigenvalue weighted by molar-refractivity contribution is -0.139. The zero-order valence-corrected chi connectivity index (χ0v) is 11.6. The first-order valence-electron chi connectivity index (χ1n) is 5.75. The molecule has 114 valence electrons. The molecule has 0 saturated carbocycles. The van der Waals surface area contributed by atoms with E-state index in [4.69, 9.17) is 9.84 Å². The van der Waals surface area contributed by atoms with Gasteiger partial charge in [-0.3, -0.25) is 0 Å². The van der Waals surface area contributed by atoms with E-state index in [2.05, 4.69) is 0 Å². The highest BCUT2D eigenvalue weighted by atomic mass is 32.2. The summed E-state index contributed by atoms with van der Waals surface area (Å²) < 4.78 is 65.2. The van der Waals surface area contributed by atoms with Crippen molar-refractivity contribution in [3.05, 3.63) is 29.3 Å². The third kappa shape index (κ3) is 5.38. The standard InChI is InChI=1S/C12H15F3O4S/c1-20(17,18)6-2-5-19-11-4-3-9(8-16)7-10(11)12(13,14)15/h3-4,7,16H,2,5-6,8H2,1H3. The summed E-state index contributed by atoms with van der Waals surface area (Å²) in [4.78, 5) is 0. The summed E-state index contributed by atoms with van der Waals surface area (Å²) in [6.45, 7) is -0.633. The van der Waals surface area contributed by atoms with E-state index in [0.29, 0.717) is 0 Å².